The van der Waals surface area contributed by atoms with E-state index in [2.05, 4.69) is 4.98 Å². The molecule has 0 radical (unpaired) electrons. The van der Waals surface area contributed by atoms with Crippen molar-refractivity contribution in [2.45, 2.75) is 13.0 Å². The number of hydrogen-bond donors (Lipinski definition) is 1. The monoisotopic (exact) mass is 276 g/mol. The van der Waals surface area contributed by atoms with E-state index in [-0.39, 0.29) is 0 Å². The second kappa shape index (κ2) is 5.62. The highest BCUT2D eigenvalue weighted by atomic mass is 32.1. The topological polar surface area (TPSA) is 82.3 Å². The number of primary amides is 1. The Morgan fingerprint density at radius 3 is 2.84 bits per heavy atom. The molecular formula is C13H12N2O3S. The van der Waals surface area contributed by atoms with Gasteiger partial charge in [-0.3, -0.25) is 4.79 Å². The molecule has 19 heavy (non-hydrogen) atoms. The zero-order chi connectivity index (χ0) is 13.8. The number of carbonyl (C=O) groups is 2. The average molecular weight is 276 g/mol. The Bertz CT molecular complexity index is 615. The van der Waals surface area contributed by atoms with Crippen LogP contribution in [-0.2, 0) is 14.3 Å². The summed E-state index contributed by atoms with van der Waals surface area (Å²) in [5, 5.41) is 0.699. The zero-order valence-corrected chi connectivity index (χ0v) is 11.0. The molecular weight excluding hydrogens is 264 g/mol. The van der Waals surface area contributed by atoms with E-state index in [0.29, 0.717) is 5.01 Å². The second-order valence-corrected chi connectivity index (χ2v) is 4.90. The third-order valence-electron chi connectivity index (χ3n) is 2.37. The number of ether oxygens (including phenoxy) is 1. The summed E-state index contributed by atoms with van der Waals surface area (Å²) in [4.78, 5) is 26.5. The van der Waals surface area contributed by atoms with E-state index in [1.807, 2.05) is 24.3 Å². The molecule has 2 aromatic rings. The van der Waals surface area contributed by atoms with Gasteiger partial charge in [0.05, 0.1) is 10.2 Å². The number of carbonyl (C=O) groups excluding carboxylic acids is 2. The van der Waals surface area contributed by atoms with Gasteiger partial charge in [-0.2, -0.15) is 0 Å². The third-order valence-corrected chi connectivity index (χ3v) is 3.37. The quantitative estimate of drug-likeness (QED) is 0.681. The summed E-state index contributed by atoms with van der Waals surface area (Å²) in [6, 6.07) is 7.68. The maximum Gasteiger partial charge on any atom is 0.331 e. The van der Waals surface area contributed by atoms with Gasteiger partial charge in [-0.25, -0.2) is 9.78 Å². The lowest BCUT2D eigenvalue weighted by Gasteiger charge is -2.06. The van der Waals surface area contributed by atoms with Crippen LogP contribution < -0.4 is 5.73 Å². The molecule has 0 saturated carbocycles. The van der Waals surface area contributed by atoms with Gasteiger partial charge in [-0.15, -0.1) is 11.3 Å². The number of nitrogens with two attached hydrogens (primary N) is 1. The number of para-hydroxylation sites is 1. The molecule has 0 bridgehead atoms. The van der Waals surface area contributed by atoms with E-state index in [1.54, 1.807) is 6.08 Å². The van der Waals surface area contributed by atoms with Crippen LogP contribution >= 0.6 is 11.3 Å². The fourth-order valence-corrected chi connectivity index (χ4v) is 2.24. The number of thiazole rings is 1. The largest absolute Gasteiger partial charge is 0.449 e. The molecule has 0 fully saturated rings. The highest BCUT2D eigenvalue weighted by Gasteiger charge is 2.12. The number of rotatable bonds is 4. The van der Waals surface area contributed by atoms with Crippen molar-refractivity contribution in [2.75, 3.05) is 0 Å². The van der Waals surface area contributed by atoms with Crippen LogP contribution in [0, 0.1) is 0 Å². The first-order valence-electron chi connectivity index (χ1n) is 5.60. The smallest absolute Gasteiger partial charge is 0.331 e. The molecule has 2 N–H and O–H groups in total. The lowest BCUT2D eigenvalue weighted by molar-refractivity contribution is -0.148. The minimum absolute atomic E-state index is 0.620. The van der Waals surface area contributed by atoms with Gasteiger partial charge in [0.15, 0.2) is 6.10 Å². The Balaban J connectivity index is 2.05. The average Bonchev–Trinajstić information content (AvgIpc) is 2.78. The maximum atomic E-state index is 11.4. The third kappa shape index (κ3) is 3.38. The van der Waals surface area contributed by atoms with Gasteiger partial charge < -0.3 is 10.5 Å². The highest BCUT2D eigenvalue weighted by molar-refractivity contribution is 7.19. The fourth-order valence-electron chi connectivity index (χ4n) is 1.37. The van der Waals surface area contributed by atoms with Gasteiger partial charge in [-0.05, 0) is 25.1 Å². The first kappa shape index (κ1) is 13.2. The fraction of sp³-hybridized carbons (Fsp3) is 0.154. The van der Waals surface area contributed by atoms with Crippen LogP contribution in [0.25, 0.3) is 16.3 Å². The first-order valence-corrected chi connectivity index (χ1v) is 6.41. The predicted molar refractivity (Wildman–Crippen MR) is 73.4 cm³/mol. The number of hydrogen-bond acceptors (Lipinski definition) is 5. The predicted octanol–water partition coefficient (Wildman–Crippen LogP) is 1.73. The highest BCUT2D eigenvalue weighted by Crippen LogP contribution is 2.22. The SMILES string of the molecule is C[C@H](OC(=O)/C=C/c1nc2ccccc2s1)C(N)=O. The number of nitrogens with zero attached hydrogens (tertiary/aromatic N) is 1. The molecule has 1 amide bonds. The molecule has 2 rings (SSSR count). The van der Waals surface area contributed by atoms with Gasteiger partial charge in [0.1, 0.15) is 5.01 Å². The summed E-state index contributed by atoms with van der Waals surface area (Å²) in [6.07, 6.45) is 1.85. The number of fused-ring (bicyclic) bond motifs is 1. The van der Waals surface area contributed by atoms with Crippen molar-refractivity contribution < 1.29 is 14.3 Å². The van der Waals surface area contributed by atoms with Gasteiger partial charge in [0, 0.05) is 6.08 Å². The summed E-state index contributed by atoms with van der Waals surface area (Å²) < 4.78 is 5.83. The molecule has 1 aromatic heterocycles. The van der Waals surface area contributed by atoms with Crippen LogP contribution in [0.15, 0.2) is 30.3 Å². The van der Waals surface area contributed by atoms with Crippen molar-refractivity contribution in [3.63, 3.8) is 0 Å². The Morgan fingerprint density at radius 1 is 1.42 bits per heavy atom. The summed E-state index contributed by atoms with van der Waals surface area (Å²) in [5.41, 5.74) is 5.87. The van der Waals surface area contributed by atoms with Crippen LogP contribution in [0.1, 0.15) is 11.9 Å². The zero-order valence-electron chi connectivity index (χ0n) is 10.2. The molecule has 0 unspecified atom stereocenters. The standard InChI is InChI=1S/C13H12N2O3S/c1-8(13(14)17)18-12(16)7-6-11-15-9-4-2-3-5-10(9)19-11/h2-8H,1H3,(H2,14,17)/b7-6+/t8-/m0/s1. The van der Waals surface area contributed by atoms with E-state index < -0.39 is 18.0 Å². The van der Waals surface area contributed by atoms with Gasteiger partial charge >= 0.3 is 5.97 Å². The van der Waals surface area contributed by atoms with Gasteiger partial charge in [0.25, 0.3) is 5.91 Å². The lowest BCUT2D eigenvalue weighted by Crippen LogP contribution is -2.29. The maximum absolute atomic E-state index is 11.4. The van der Waals surface area contributed by atoms with E-state index in [0.717, 1.165) is 10.2 Å². The Hall–Kier alpha value is -2.21. The van der Waals surface area contributed by atoms with Crippen LogP contribution in [0.4, 0.5) is 0 Å². The van der Waals surface area contributed by atoms with E-state index in [9.17, 15) is 9.59 Å². The molecule has 1 heterocycles. The summed E-state index contributed by atoms with van der Waals surface area (Å²) in [5.74, 6) is -1.30. The van der Waals surface area contributed by atoms with Crippen molar-refractivity contribution >= 4 is 39.5 Å². The Labute approximate surface area is 113 Å². The number of aromatic nitrogens is 1. The van der Waals surface area contributed by atoms with Crippen molar-refractivity contribution in [3.8, 4) is 0 Å². The van der Waals surface area contributed by atoms with Gasteiger partial charge in [-0.1, -0.05) is 12.1 Å². The molecule has 1 atom stereocenters. The summed E-state index contributed by atoms with van der Waals surface area (Å²) in [7, 11) is 0. The number of amides is 1. The summed E-state index contributed by atoms with van der Waals surface area (Å²) in [6.45, 7) is 1.42. The molecule has 0 saturated heterocycles. The van der Waals surface area contributed by atoms with Gasteiger partial charge in [0.2, 0.25) is 0 Å². The van der Waals surface area contributed by atoms with Crippen LogP contribution in [0.3, 0.4) is 0 Å². The number of benzene rings is 1. The first-order chi connectivity index (χ1) is 9.06. The number of esters is 1. The molecule has 5 nitrogen and oxygen atoms in total. The molecule has 1 aromatic carbocycles. The second-order valence-electron chi connectivity index (χ2n) is 3.83. The van der Waals surface area contributed by atoms with E-state index in [1.165, 1.54) is 24.3 Å². The molecule has 0 aliphatic heterocycles. The van der Waals surface area contributed by atoms with Crippen LogP contribution in [-0.4, -0.2) is 23.0 Å². The van der Waals surface area contributed by atoms with E-state index >= 15 is 0 Å². The Morgan fingerprint density at radius 2 is 2.16 bits per heavy atom. The van der Waals surface area contributed by atoms with Crippen molar-refractivity contribution in [2.24, 2.45) is 5.73 Å². The van der Waals surface area contributed by atoms with E-state index in [4.69, 9.17) is 10.5 Å². The molecule has 6 heteroatoms. The minimum Gasteiger partial charge on any atom is -0.449 e. The molecule has 0 aliphatic carbocycles. The Kier molecular flexibility index (Phi) is 3.91. The molecule has 98 valence electrons. The molecule has 0 spiro atoms. The lowest BCUT2D eigenvalue weighted by atomic mass is 10.3. The van der Waals surface area contributed by atoms with Crippen molar-refractivity contribution in [3.05, 3.63) is 35.3 Å². The summed E-state index contributed by atoms with van der Waals surface area (Å²) >= 11 is 1.47. The minimum atomic E-state index is -0.937. The van der Waals surface area contributed by atoms with Crippen molar-refractivity contribution in [1.82, 2.24) is 4.98 Å². The van der Waals surface area contributed by atoms with Crippen LogP contribution in [0.5, 0.6) is 0 Å². The molecule has 0 aliphatic rings. The van der Waals surface area contributed by atoms with Crippen LogP contribution in [0.2, 0.25) is 0 Å². The normalized spacial score (nSPS) is 12.7. The van der Waals surface area contributed by atoms with Crippen molar-refractivity contribution in [1.29, 1.82) is 0 Å².